The Morgan fingerprint density at radius 2 is 2.05 bits per heavy atom. The number of methoxy groups -OCH3 is 1. The number of alkyl halides is 3. The van der Waals surface area contributed by atoms with Gasteiger partial charge in [-0.1, -0.05) is 6.07 Å². The van der Waals surface area contributed by atoms with E-state index in [9.17, 15) is 13.2 Å². The van der Waals surface area contributed by atoms with Crippen LogP contribution in [0.15, 0.2) is 12.1 Å². The van der Waals surface area contributed by atoms with E-state index in [1.807, 2.05) is 0 Å². The van der Waals surface area contributed by atoms with Crippen molar-refractivity contribution in [3.8, 4) is 5.75 Å². The number of hydrogen-bond acceptors (Lipinski definition) is 4. The minimum absolute atomic E-state index is 0.0360. The Hall–Kier alpha value is -1.96. The van der Waals surface area contributed by atoms with Crippen LogP contribution in [0.4, 0.5) is 19.0 Å². The first-order valence-corrected chi connectivity index (χ1v) is 6.28. The van der Waals surface area contributed by atoms with Gasteiger partial charge in [0.25, 0.3) is 0 Å². The largest absolute Gasteiger partial charge is 0.496 e. The van der Waals surface area contributed by atoms with Gasteiger partial charge in [0.05, 0.1) is 18.0 Å². The van der Waals surface area contributed by atoms with Crippen molar-refractivity contribution in [1.29, 1.82) is 0 Å². The van der Waals surface area contributed by atoms with E-state index in [0.717, 1.165) is 0 Å². The Labute approximate surface area is 119 Å². The average Bonchev–Trinajstić information content (AvgIpc) is 2.69. The van der Waals surface area contributed by atoms with Crippen molar-refractivity contribution >= 4 is 16.7 Å². The van der Waals surface area contributed by atoms with Gasteiger partial charge in [-0.3, -0.25) is 4.68 Å². The van der Waals surface area contributed by atoms with Gasteiger partial charge in [-0.15, -0.1) is 0 Å². The highest BCUT2D eigenvalue weighted by molar-refractivity contribution is 5.95. The molecule has 2 rings (SSSR count). The van der Waals surface area contributed by atoms with Crippen LogP contribution in [0.2, 0.25) is 0 Å². The Balaban J connectivity index is 2.71. The van der Waals surface area contributed by atoms with Gasteiger partial charge in [0.1, 0.15) is 5.75 Å². The third-order valence-electron chi connectivity index (χ3n) is 3.15. The normalized spacial score (nSPS) is 13.6. The number of nitrogens with zero attached hydrogens (tertiary/aromatic N) is 2. The van der Waals surface area contributed by atoms with Crippen LogP contribution in [0.5, 0.6) is 5.75 Å². The summed E-state index contributed by atoms with van der Waals surface area (Å²) in [5.74, 6) is 0.150. The van der Waals surface area contributed by atoms with Gasteiger partial charge in [-0.05, 0) is 13.0 Å². The van der Waals surface area contributed by atoms with E-state index in [1.54, 1.807) is 7.05 Å². The Kier molecular flexibility index (Phi) is 3.99. The number of ether oxygens (including phenoxy) is 2. The zero-order valence-corrected chi connectivity index (χ0v) is 11.9. The van der Waals surface area contributed by atoms with E-state index in [0.29, 0.717) is 10.9 Å². The second-order valence-corrected chi connectivity index (χ2v) is 4.47. The summed E-state index contributed by atoms with van der Waals surface area (Å²) in [4.78, 5) is 0. The number of aryl methyl sites for hydroxylation is 1. The van der Waals surface area contributed by atoms with Crippen molar-refractivity contribution in [3.05, 3.63) is 17.7 Å². The number of anilines is 1. The number of nitrogen functional groups attached to an aromatic ring is 1. The van der Waals surface area contributed by atoms with E-state index in [-0.39, 0.29) is 23.7 Å². The topological polar surface area (TPSA) is 62.3 Å². The second kappa shape index (κ2) is 5.44. The SMILES string of the molecule is CCOC(c1ccc2c(c(N)nn2C)c1OC)C(F)(F)F. The lowest BCUT2D eigenvalue weighted by Crippen LogP contribution is -2.24. The van der Waals surface area contributed by atoms with Crippen molar-refractivity contribution < 1.29 is 22.6 Å². The third-order valence-corrected chi connectivity index (χ3v) is 3.15. The maximum atomic E-state index is 13.2. The third kappa shape index (κ3) is 2.63. The van der Waals surface area contributed by atoms with Crippen molar-refractivity contribution in [2.45, 2.75) is 19.2 Å². The van der Waals surface area contributed by atoms with E-state index in [2.05, 4.69) is 5.10 Å². The molecule has 0 spiro atoms. The van der Waals surface area contributed by atoms with Crippen LogP contribution in [0, 0.1) is 0 Å². The quantitative estimate of drug-likeness (QED) is 0.943. The molecule has 1 heterocycles. The van der Waals surface area contributed by atoms with Crippen molar-refractivity contribution in [2.75, 3.05) is 19.5 Å². The molecule has 0 radical (unpaired) electrons. The van der Waals surface area contributed by atoms with Crippen LogP contribution in [0.25, 0.3) is 10.9 Å². The molecule has 8 heteroatoms. The lowest BCUT2D eigenvalue weighted by Gasteiger charge is -2.22. The highest BCUT2D eigenvalue weighted by Gasteiger charge is 2.43. The summed E-state index contributed by atoms with van der Waals surface area (Å²) in [5.41, 5.74) is 6.25. The van der Waals surface area contributed by atoms with Gasteiger partial charge in [-0.2, -0.15) is 18.3 Å². The molecule has 1 unspecified atom stereocenters. The molecule has 0 bridgehead atoms. The molecule has 1 atom stereocenters. The summed E-state index contributed by atoms with van der Waals surface area (Å²) in [7, 11) is 2.95. The Morgan fingerprint density at radius 3 is 2.57 bits per heavy atom. The lowest BCUT2D eigenvalue weighted by molar-refractivity contribution is -0.222. The molecular weight excluding hydrogens is 287 g/mol. The Bertz CT molecular complexity index is 652. The van der Waals surface area contributed by atoms with E-state index in [1.165, 1.54) is 30.8 Å². The molecule has 21 heavy (non-hydrogen) atoms. The average molecular weight is 303 g/mol. The van der Waals surface area contributed by atoms with Gasteiger partial charge in [0.2, 0.25) is 0 Å². The summed E-state index contributed by atoms with van der Waals surface area (Å²) in [5, 5.41) is 4.35. The van der Waals surface area contributed by atoms with Crippen LogP contribution in [0.1, 0.15) is 18.6 Å². The predicted octanol–water partition coefficient (Wildman–Crippen LogP) is 2.80. The fraction of sp³-hybridized carbons (Fsp3) is 0.462. The molecular formula is C13H16F3N3O2. The highest BCUT2D eigenvalue weighted by Crippen LogP contribution is 2.43. The fourth-order valence-electron chi connectivity index (χ4n) is 2.32. The minimum atomic E-state index is -4.55. The summed E-state index contributed by atoms with van der Waals surface area (Å²) in [6.45, 7) is 1.43. The number of aromatic nitrogens is 2. The molecule has 0 saturated heterocycles. The zero-order valence-electron chi connectivity index (χ0n) is 11.9. The molecule has 0 fully saturated rings. The Morgan fingerprint density at radius 1 is 1.38 bits per heavy atom. The minimum Gasteiger partial charge on any atom is -0.496 e. The van der Waals surface area contributed by atoms with Crippen LogP contribution < -0.4 is 10.5 Å². The van der Waals surface area contributed by atoms with Gasteiger partial charge in [-0.25, -0.2) is 0 Å². The van der Waals surface area contributed by atoms with Gasteiger partial charge in [0, 0.05) is 19.2 Å². The highest BCUT2D eigenvalue weighted by atomic mass is 19.4. The number of rotatable bonds is 4. The van der Waals surface area contributed by atoms with Crippen LogP contribution in [0.3, 0.4) is 0 Å². The molecule has 5 nitrogen and oxygen atoms in total. The first-order chi connectivity index (χ1) is 9.81. The summed E-state index contributed by atoms with van der Waals surface area (Å²) < 4.78 is 51.1. The molecule has 0 aliphatic rings. The smallest absolute Gasteiger partial charge is 0.418 e. The number of halogens is 3. The predicted molar refractivity (Wildman–Crippen MR) is 72.1 cm³/mol. The first kappa shape index (κ1) is 15.4. The monoisotopic (exact) mass is 303 g/mol. The summed E-state index contributed by atoms with van der Waals surface area (Å²) in [6.07, 6.45) is -6.62. The van der Waals surface area contributed by atoms with Gasteiger partial charge < -0.3 is 15.2 Å². The van der Waals surface area contributed by atoms with Gasteiger partial charge >= 0.3 is 6.18 Å². The molecule has 116 valence electrons. The van der Waals surface area contributed by atoms with Gasteiger partial charge in [0.15, 0.2) is 11.9 Å². The number of benzene rings is 1. The second-order valence-electron chi connectivity index (χ2n) is 4.47. The van der Waals surface area contributed by atoms with Crippen molar-refractivity contribution in [3.63, 3.8) is 0 Å². The summed E-state index contributed by atoms with van der Waals surface area (Å²) in [6, 6.07) is 2.85. The molecule has 1 aromatic heterocycles. The number of nitrogens with two attached hydrogens (primary N) is 1. The molecule has 0 amide bonds. The van der Waals surface area contributed by atoms with Crippen molar-refractivity contribution in [2.24, 2.45) is 7.05 Å². The molecule has 0 aliphatic heterocycles. The number of hydrogen-bond donors (Lipinski definition) is 1. The van der Waals surface area contributed by atoms with E-state index >= 15 is 0 Å². The molecule has 1 aromatic carbocycles. The van der Waals surface area contributed by atoms with E-state index < -0.39 is 12.3 Å². The molecule has 2 aromatic rings. The molecule has 0 aliphatic carbocycles. The lowest BCUT2D eigenvalue weighted by atomic mass is 10.0. The molecule has 0 saturated carbocycles. The standard InChI is InChI=1S/C13H16F3N3O2/c1-4-21-11(13(14,15)16)7-5-6-8-9(10(7)20-3)12(17)18-19(8)2/h5-6,11H,4H2,1-3H3,(H2,17,18). The van der Waals surface area contributed by atoms with Crippen LogP contribution >= 0.6 is 0 Å². The van der Waals surface area contributed by atoms with Crippen LogP contribution in [-0.2, 0) is 11.8 Å². The molecule has 2 N–H and O–H groups in total. The maximum Gasteiger partial charge on any atom is 0.418 e. The van der Waals surface area contributed by atoms with Crippen molar-refractivity contribution in [1.82, 2.24) is 9.78 Å². The van der Waals surface area contributed by atoms with Crippen LogP contribution in [-0.4, -0.2) is 29.7 Å². The fourth-order valence-corrected chi connectivity index (χ4v) is 2.32. The maximum absolute atomic E-state index is 13.2. The number of fused-ring (bicyclic) bond motifs is 1. The first-order valence-electron chi connectivity index (χ1n) is 6.28. The summed E-state index contributed by atoms with van der Waals surface area (Å²) >= 11 is 0. The zero-order chi connectivity index (χ0) is 15.8. The van der Waals surface area contributed by atoms with E-state index in [4.69, 9.17) is 15.2 Å².